The second kappa shape index (κ2) is 12.4. The lowest BCUT2D eigenvalue weighted by Gasteiger charge is -2.12. The van der Waals surface area contributed by atoms with Crippen LogP contribution in [-0.4, -0.2) is 25.2 Å². The molecule has 0 aliphatic carbocycles. The number of aryl methyl sites for hydroxylation is 1. The van der Waals surface area contributed by atoms with E-state index >= 15 is 0 Å². The number of benzene rings is 1. The summed E-state index contributed by atoms with van der Waals surface area (Å²) in [4.78, 5) is 9.20. The summed E-state index contributed by atoms with van der Waals surface area (Å²) in [6.45, 7) is 17.2. The highest BCUT2D eigenvalue weighted by molar-refractivity contribution is 8.03. The second-order valence-electron chi connectivity index (χ2n) is 5.48. The fourth-order valence-corrected chi connectivity index (χ4v) is 3.83. The molecule has 0 saturated heterocycles. The molecule has 0 unspecified atom stereocenters. The quantitative estimate of drug-likeness (QED) is 0.210. The van der Waals surface area contributed by atoms with Crippen molar-refractivity contribution in [2.24, 2.45) is 9.98 Å². The van der Waals surface area contributed by atoms with E-state index in [4.69, 9.17) is 0 Å². The number of thioether (sulfide) groups is 2. The Balaban J connectivity index is 2.75. The van der Waals surface area contributed by atoms with E-state index in [0.29, 0.717) is 5.88 Å². The number of rotatable bonds is 12. The maximum atomic E-state index is 4.18. The molecule has 0 radical (unpaired) electrons. The lowest BCUT2D eigenvalue weighted by Crippen LogP contribution is -2.09. The van der Waals surface area contributed by atoms with Gasteiger partial charge in [-0.15, -0.1) is 23.5 Å². The number of anilines is 1. The Morgan fingerprint density at radius 3 is 2.50 bits per heavy atom. The summed E-state index contributed by atoms with van der Waals surface area (Å²) in [7, 11) is 0. The van der Waals surface area contributed by atoms with Crippen molar-refractivity contribution in [1.29, 1.82) is 0 Å². The van der Waals surface area contributed by atoms with Gasteiger partial charge in [0.25, 0.3) is 0 Å². The van der Waals surface area contributed by atoms with Crippen molar-refractivity contribution in [3.05, 3.63) is 63.8 Å². The lowest BCUT2D eigenvalue weighted by molar-refractivity contribution is 0.967. The topological polar surface area (TPSA) is 48.8 Å². The first-order valence-electron chi connectivity index (χ1n) is 8.33. The Morgan fingerprint density at radius 2 is 1.88 bits per heavy atom. The van der Waals surface area contributed by atoms with Crippen LogP contribution in [0.2, 0.25) is 0 Å². The molecule has 0 aliphatic heterocycles. The summed E-state index contributed by atoms with van der Waals surface area (Å²) in [5.41, 5.74) is 5.05. The van der Waals surface area contributed by atoms with Gasteiger partial charge >= 0.3 is 0 Å². The SMILES string of the molecule is C=NC(=C\SCNc1ccccc1CC)/C(SCNC(=C)C)=C(\C)N=C. The molecule has 1 aromatic rings. The highest BCUT2D eigenvalue weighted by Gasteiger charge is 2.09. The minimum absolute atomic E-state index is 0.692. The Kier molecular flexibility index (Phi) is 10.6. The summed E-state index contributed by atoms with van der Waals surface area (Å²) in [5, 5.41) is 8.66. The molecule has 4 nitrogen and oxygen atoms in total. The normalized spacial score (nSPS) is 12.2. The molecule has 0 heterocycles. The van der Waals surface area contributed by atoms with Crippen molar-refractivity contribution < 1.29 is 0 Å². The molecule has 6 heteroatoms. The number of aliphatic imine (C=N–C) groups is 2. The maximum absolute atomic E-state index is 4.18. The second-order valence-corrected chi connectivity index (χ2v) is 7.32. The third kappa shape index (κ3) is 7.54. The number of allylic oxidation sites excluding steroid dienone is 2. The van der Waals surface area contributed by atoms with Gasteiger partial charge in [-0.25, -0.2) is 0 Å². The number of hydrogen-bond donors (Lipinski definition) is 2. The van der Waals surface area contributed by atoms with E-state index < -0.39 is 0 Å². The van der Waals surface area contributed by atoms with E-state index in [2.05, 4.69) is 65.8 Å². The highest BCUT2D eigenvalue weighted by Crippen LogP contribution is 2.30. The van der Waals surface area contributed by atoms with Crippen LogP contribution >= 0.6 is 23.5 Å². The van der Waals surface area contributed by atoms with Gasteiger partial charge in [0.15, 0.2) is 0 Å². The predicted molar refractivity (Wildman–Crippen MR) is 122 cm³/mol. The lowest BCUT2D eigenvalue weighted by atomic mass is 10.1. The van der Waals surface area contributed by atoms with Gasteiger partial charge in [0.2, 0.25) is 0 Å². The van der Waals surface area contributed by atoms with Crippen molar-refractivity contribution in [3.63, 3.8) is 0 Å². The van der Waals surface area contributed by atoms with Crippen molar-refractivity contribution >= 4 is 42.6 Å². The smallest absolute Gasteiger partial charge is 0.0840 e. The summed E-state index contributed by atoms with van der Waals surface area (Å²) in [6, 6.07) is 8.36. The molecule has 0 atom stereocenters. The molecule has 140 valence electrons. The first-order valence-corrected chi connectivity index (χ1v) is 10.4. The van der Waals surface area contributed by atoms with Crippen LogP contribution in [0.25, 0.3) is 0 Å². The van der Waals surface area contributed by atoms with Crippen LogP contribution in [0.15, 0.2) is 68.2 Å². The Morgan fingerprint density at radius 1 is 1.15 bits per heavy atom. The van der Waals surface area contributed by atoms with Gasteiger partial charge in [0.05, 0.1) is 28.1 Å². The summed E-state index contributed by atoms with van der Waals surface area (Å²) in [5.74, 6) is 1.44. The first-order chi connectivity index (χ1) is 12.5. The standard InChI is InChI=1S/C20H28N4S2/c1-7-17-10-8-9-11-18(17)24-13-25-12-19(22-6)20(16(4)21-5)26-14-23-15(2)3/h8-12,23-24H,2,5-7,13-14H2,1,3-4H3/b19-12-,20-16-. The fraction of sp³-hybridized carbons (Fsp3) is 0.300. The molecular weight excluding hydrogens is 360 g/mol. The molecule has 0 spiro atoms. The average Bonchev–Trinajstić information content (AvgIpc) is 2.65. The third-order valence-electron chi connectivity index (χ3n) is 3.50. The average molecular weight is 389 g/mol. The molecule has 0 amide bonds. The Hall–Kier alpha value is -1.92. The van der Waals surface area contributed by atoms with Crippen LogP contribution in [0.4, 0.5) is 5.69 Å². The van der Waals surface area contributed by atoms with Gasteiger partial charge in [-0.05, 0) is 50.7 Å². The zero-order valence-electron chi connectivity index (χ0n) is 15.8. The van der Waals surface area contributed by atoms with E-state index in [0.717, 1.165) is 34.3 Å². The van der Waals surface area contributed by atoms with Crippen LogP contribution in [0, 0.1) is 0 Å². The van der Waals surface area contributed by atoms with Gasteiger partial charge in [-0.3, -0.25) is 9.98 Å². The van der Waals surface area contributed by atoms with E-state index in [1.165, 1.54) is 11.3 Å². The minimum atomic E-state index is 0.692. The van der Waals surface area contributed by atoms with Gasteiger partial charge in [0, 0.05) is 11.4 Å². The maximum Gasteiger partial charge on any atom is 0.0840 e. The van der Waals surface area contributed by atoms with Crippen LogP contribution in [0.1, 0.15) is 26.3 Å². The predicted octanol–water partition coefficient (Wildman–Crippen LogP) is 5.64. The minimum Gasteiger partial charge on any atom is -0.380 e. The zero-order valence-corrected chi connectivity index (χ0v) is 17.5. The van der Waals surface area contributed by atoms with Gasteiger partial charge in [-0.2, -0.15) is 0 Å². The van der Waals surface area contributed by atoms with Crippen molar-refractivity contribution in [2.75, 3.05) is 17.1 Å². The zero-order chi connectivity index (χ0) is 19.4. The Bertz CT molecular complexity index is 693. The van der Waals surface area contributed by atoms with E-state index in [1.807, 2.05) is 25.3 Å². The highest BCUT2D eigenvalue weighted by atomic mass is 32.2. The summed E-state index contributed by atoms with van der Waals surface area (Å²) >= 11 is 3.26. The van der Waals surface area contributed by atoms with Gasteiger partial charge in [-0.1, -0.05) is 31.7 Å². The molecule has 0 bridgehead atoms. The van der Waals surface area contributed by atoms with Crippen molar-refractivity contribution in [3.8, 4) is 0 Å². The molecule has 0 fully saturated rings. The Labute approximate surface area is 166 Å². The number of nitrogens with zero attached hydrogens (tertiary/aromatic N) is 2. The van der Waals surface area contributed by atoms with E-state index in [-0.39, 0.29) is 0 Å². The van der Waals surface area contributed by atoms with Gasteiger partial charge < -0.3 is 10.6 Å². The summed E-state index contributed by atoms with van der Waals surface area (Å²) in [6.07, 6.45) is 1.01. The molecule has 2 N–H and O–H groups in total. The molecule has 0 aliphatic rings. The van der Waals surface area contributed by atoms with Crippen LogP contribution in [0.5, 0.6) is 0 Å². The largest absolute Gasteiger partial charge is 0.380 e. The van der Waals surface area contributed by atoms with E-state index in [9.17, 15) is 0 Å². The number of hydrogen-bond acceptors (Lipinski definition) is 6. The molecule has 1 rings (SSSR count). The molecule has 1 aromatic carbocycles. The molecule has 0 saturated carbocycles. The van der Waals surface area contributed by atoms with Crippen LogP contribution in [-0.2, 0) is 6.42 Å². The number of nitrogens with one attached hydrogen (secondary N) is 2. The fourth-order valence-electron chi connectivity index (χ4n) is 2.07. The monoisotopic (exact) mass is 388 g/mol. The van der Waals surface area contributed by atoms with Crippen LogP contribution in [0.3, 0.4) is 0 Å². The third-order valence-corrected chi connectivity index (χ3v) is 5.28. The number of para-hydroxylation sites is 1. The molecule has 26 heavy (non-hydrogen) atoms. The molecule has 0 aromatic heterocycles. The van der Waals surface area contributed by atoms with Crippen molar-refractivity contribution in [1.82, 2.24) is 5.32 Å². The summed E-state index contributed by atoms with van der Waals surface area (Å²) < 4.78 is 0. The van der Waals surface area contributed by atoms with Crippen LogP contribution < -0.4 is 10.6 Å². The molecular formula is C20H28N4S2. The van der Waals surface area contributed by atoms with E-state index in [1.54, 1.807) is 23.5 Å². The first kappa shape index (κ1) is 22.1. The van der Waals surface area contributed by atoms with Gasteiger partial charge in [0.1, 0.15) is 0 Å². The van der Waals surface area contributed by atoms with Crippen molar-refractivity contribution in [2.45, 2.75) is 27.2 Å².